The smallest absolute Gasteiger partial charge is 0.310 e. The molecule has 0 radical (unpaired) electrons. The summed E-state index contributed by atoms with van der Waals surface area (Å²) in [4.78, 5) is 13.0. The third kappa shape index (κ3) is 5.85. The first kappa shape index (κ1) is 40.0. The summed E-state index contributed by atoms with van der Waals surface area (Å²) in [5, 5.41) is 74.9. The fourth-order valence-corrected chi connectivity index (χ4v) is 13.3. The molecule has 0 unspecified atom stereocenters. The van der Waals surface area contributed by atoms with Gasteiger partial charge in [0.05, 0.1) is 30.8 Å². The quantitative estimate of drug-likeness (QED) is 0.155. The number of rotatable bonds is 6. The van der Waals surface area contributed by atoms with Crippen molar-refractivity contribution in [2.75, 3.05) is 13.2 Å². The first-order valence-corrected chi connectivity index (χ1v) is 20.2. The molecule has 0 spiro atoms. The molecule has 0 aromatic heterocycles. The number of carboxylic acids is 1. The van der Waals surface area contributed by atoms with Gasteiger partial charge >= 0.3 is 5.97 Å². The lowest BCUT2D eigenvalue weighted by atomic mass is 9.33. The minimum Gasteiger partial charge on any atom is -0.481 e. The van der Waals surface area contributed by atoms with Gasteiger partial charge in [0.2, 0.25) is 0 Å². The molecule has 2 saturated heterocycles. The Balaban J connectivity index is 1.15. The SMILES string of the molecule is C[C@@H]1O[C@@H](O[C@H]2[C@@H](O[C@@H]3CC[C@]4(C)[C@@H](CC[C@]5(C)[C@@H]4CC=C4[C@@H]6CC(C)(C)CC[C@]6(C(=O)O)CC[C@]45C)[C@]3(C)CO)OC[C@@H](O)[C@H]2O)[C@H](O)[C@H](O)[C@@H]1O. The number of carboxylic acid groups (broad SMARTS) is 1. The summed E-state index contributed by atoms with van der Waals surface area (Å²) in [7, 11) is 0. The van der Waals surface area contributed by atoms with Gasteiger partial charge in [-0.05, 0) is 111 Å². The second kappa shape index (κ2) is 13.5. The highest BCUT2D eigenvalue weighted by molar-refractivity contribution is 5.76. The van der Waals surface area contributed by atoms with Crippen molar-refractivity contribution in [3.63, 3.8) is 0 Å². The lowest BCUT2D eigenvalue weighted by Crippen LogP contribution is -2.67. The molecular weight excluding hydrogens is 684 g/mol. The van der Waals surface area contributed by atoms with Crippen LogP contribution >= 0.6 is 0 Å². The Morgan fingerprint density at radius 2 is 1.53 bits per heavy atom. The molecule has 12 heteroatoms. The van der Waals surface area contributed by atoms with Crippen molar-refractivity contribution in [3.05, 3.63) is 11.6 Å². The molecule has 7 aliphatic rings. The molecule has 53 heavy (non-hydrogen) atoms. The van der Waals surface area contributed by atoms with Crippen LogP contribution in [0.2, 0.25) is 0 Å². The summed E-state index contributed by atoms with van der Waals surface area (Å²) in [5.41, 5.74) is -0.239. The van der Waals surface area contributed by atoms with Crippen LogP contribution in [0, 0.1) is 50.2 Å². The van der Waals surface area contributed by atoms with E-state index in [0.29, 0.717) is 18.8 Å². The molecule has 5 aliphatic carbocycles. The van der Waals surface area contributed by atoms with Crippen LogP contribution in [0.3, 0.4) is 0 Å². The molecular formula is C41H66O12. The second-order valence-corrected chi connectivity index (χ2v) is 20.0. The zero-order chi connectivity index (χ0) is 38.7. The van der Waals surface area contributed by atoms with E-state index < -0.39 is 78.2 Å². The predicted molar refractivity (Wildman–Crippen MR) is 192 cm³/mol. The number of fused-ring (bicyclic) bond motifs is 7. The van der Waals surface area contributed by atoms with E-state index in [-0.39, 0.29) is 46.7 Å². The van der Waals surface area contributed by atoms with Gasteiger partial charge < -0.3 is 54.7 Å². The fraction of sp³-hybridized carbons (Fsp3) is 0.927. The number of allylic oxidation sites excluding steroid dienone is 2. The maximum absolute atomic E-state index is 13.0. The zero-order valence-corrected chi connectivity index (χ0v) is 32.7. The van der Waals surface area contributed by atoms with E-state index in [1.807, 2.05) is 0 Å². The lowest BCUT2D eigenvalue weighted by molar-refractivity contribution is -0.365. The van der Waals surface area contributed by atoms with E-state index in [4.69, 9.17) is 18.9 Å². The maximum atomic E-state index is 13.0. The van der Waals surface area contributed by atoms with Crippen LogP contribution in [-0.2, 0) is 23.7 Å². The number of aliphatic hydroxyl groups excluding tert-OH is 6. The molecule has 0 aromatic rings. The van der Waals surface area contributed by atoms with Gasteiger partial charge in [0.1, 0.15) is 36.6 Å². The van der Waals surface area contributed by atoms with Gasteiger partial charge in [0.25, 0.3) is 0 Å². The second-order valence-electron chi connectivity index (χ2n) is 20.0. The molecule has 4 saturated carbocycles. The first-order valence-electron chi connectivity index (χ1n) is 20.2. The topological polar surface area (TPSA) is 196 Å². The van der Waals surface area contributed by atoms with Crippen LogP contribution in [0.5, 0.6) is 0 Å². The molecule has 18 atom stereocenters. The molecule has 2 heterocycles. The van der Waals surface area contributed by atoms with Gasteiger partial charge in [0, 0.05) is 5.41 Å². The summed E-state index contributed by atoms with van der Waals surface area (Å²) in [5.74, 6) is -0.194. The molecule has 0 amide bonds. The zero-order valence-electron chi connectivity index (χ0n) is 32.7. The van der Waals surface area contributed by atoms with E-state index in [0.717, 1.165) is 51.4 Å². The molecule has 0 bridgehead atoms. The molecule has 7 rings (SSSR count). The maximum Gasteiger partial charge on any atom is 0.310 e. The Hall–Kier alpha value is -1.19. The Kier molecular flexibility index (Phi) is 10.2. The molecule has 302 valence electrons. The molecule has 7 N–H and O–H groups in total. The standard InChI is InChI=1S/C41H66O12/c1-21-28(44)30(46)31(47)33(51-21)53-32-29(45)24(43)19-50-34(32)52-27-11-12-37(4)25(38(27,5)20-42)10-13-40(7)26(37)9-8-22-23-18-36(2,3)14-16-41(23,35(48)49)17-15-39(22,40)6/h8,21,23-34,42-47H,9-20H2,1-7H3,(H,48,49)/t21-,23-,24+,25+,26+,27+,28+,29+,30+,31+,32+,33-,34+,37+,38-,39+,40+,41-/m0/s1. The minimum absolute atomic E-state index is 0.0360. The third-order valence-corrected chi connectivity index (χ3v) is 17.0. The largest absolute Gasteiger partial charge is 0.481 e. The summed E-state index contributed by atoms with van der Waals surface area (Å²) >= 11 is 0. The number of aliphatic carboxylic acids is 1. The average molecular weight is 751 g/mol. The highest BCUT2D eigenvalue weighted by atomic mass is 16.8. The van der Waals surface area contributed by atoms with Crippen LogP contribution in [0.25, 0.3) is 0 Å². The number of carbonyl (C=O) groups is 1. The van der Waals surface area contributed by atoms with E-state index in [2.05, 4.69) is 47.6 Å². The molecule has 0 aromatic carbocycles. The van der Waals surface area contributed by atoms with Crippen LogP contribution in [0.4, 0.5) is 0 Å². The normalized spacial score (nSPS) is 55.1. The van der Waals surface area contributed by atoms with Crippen molar-refractivity contribution in [1.82, 2.24) is 0 Å². The number of ether oxygens (including phenoxy) is 4. The Morgan fingerprint density at radius 1 is 0.830 bits per heavy atom. The van der Waals surface area contributed by atoms with E-state index in [9.17, 15) is 40.5 Å². The Morgan fingerprint density at radius 3 is 2.21 bits per heavy atom. The van der Waals surface area contributed by atoms with Crippen molar-refractivity contribution >= 4 is 5.97 Å². The van der Waals surface area contributed by atoms with E-state index in [1.165, 1.54) is 12.5 Å². The Labute approximate surface area is 314 Å². The minimum atomic E-state index is -1.62. The predicted octanol–water partition coefficient (Wildman–Crippen LogP) is 3.52. The van der Waals surface area contributed by atoms with Gasteiger partial charge in [-0.3, -0.25) is 4.79 Å². The third-order valence-electron chi connectivity index (χ3n) is 17.0. The number of aliphatic hydroxyl groups is 6. The van der Waals surface area contributed by atoms with Crippen LogP contribution < -0.4 is 0 Å². The highest BCUT2D eigenvalue weighted by Gasteiger charge is 2.70. The highest BCUT2D eigenvalue weighted by Crippen LogP contribution is 2.76. The number of hydrogen-bond donors (Lipinski definition) is 7. The van der Waals surface area contributed by atoms with Gasteiger partial charge in [-0.2, -0.15) is 0 Å². The summed E-state index contributed by atoms with van der Waals surface area (Å²) in [6.07, 6.45) is -1.79. The summed E-state index contributed by atoms with van der Waals surface area (Å²) in [6, 6.07) is 0. The average Bonchev–Trinajstić information content (AvgIpc) is 3.10. The van der Waals surface area contributed by atoms with E-state index in [1.54, 1.807) is 0 Å². The number of hydrogen-bond acceptors (Lipinski definition) is 11. The van der Waals surface area contributed by atoms with Gasteiger partial charge in [-0.25, -0.2) is 0 Å². The molecule has 2 aliphatic heterocycles. The van der Waals surface area contributed by atoms with Gasteiger partial charge in [0.15, 0.2) is 12.6 Å². The van der Waals surface area contributed by atoms with Crippen molar-refractivity contribution in [2.24, 2.45) is 50.2 Å². The monoisotopic (exact) mass is 750 g/mol. The van der Waals surface area contributed by atoms with Crippen molar-refractivity contribution < 1.29 is 59.5 Å². The van der Waals surface area contributed by atoms with Crippen LogP contribution in [0.15, 0.2) is 11.6 Å². The molecule has 12 nitrogen and oxygen atoms in total. The van der Waals surface area contributed by atoms with Crippen molar-refractivity contribution in [3.8, 4) is 0 Å². The van der Waals surface area contributed by atoms with Crippen molar-refractivity contribution in [2.45, 2.75) is 174 Å². The molecule has 6 fully saturated rings. The van der Waals surface area contributed by atoms with E-state index >= 15 is 0 Å². The van der Waals surface area contributed by atoms with Gasteiger partial charge in [-0.15, -0.1) is 0 Å². The summed E-state index contributed by atoms with van der Waals surface area (Å²) < 4.78 is 24.3. The van der Waals surface area contributed by atoms with Crippen molar-refractivity contribution in [1.29, 1.82) is 0 Å². The van der Waals surface area contributed by atoms with Gasteiger partial charge in [-0.1, -0.05) is 53.2 Å². The fourth-order valence-electron chi connectivity index (χ4n) is 13.3. The van der Waals surface area contributed by atoms with Crippen LogP contribution in [0.1, 0.15) is 113 Å². The Bertz CT molecular complexity index is 1440. The lowest BCUT2D eigenvalue weighted by Gasteiger charge is -2.71. The van der Waals surface area contributed by atoms with Crippen LogP contribution in [-0.4, -0.2) is 116 Å². The first-order chi connectivity index (χ1) is 24.7. The summed E-state index contributed by atoms with van der Waals surface area (Å²) in [6.45, 7) is 15.1.